The summed E-state index contributed by atoms with van der Waals surface area (Å²) in [5, 5.41) is 3.53. The van der Waals surface area contributed by atoms with Crippen molar-refractivity contribution in [1.29, 1.82) is 0 Å². The van der Waals surface area contributed by atoms with Crippen molar-refractivity contribution in [3.63, 3.8) is 0 Å². The van der Waals surface area contributed by atoms with Gasteiger partial charge in [-0.05, 0) is 32.9 Å². The van der Waals surface area contributed by atoms with Crippen molar-refractivity contribution >= 4 is 5.82 Å². The monoisotopic (exact) mass is 265 g/mol. The lowest BCUT2D eigenvalue weighted by atomic mass is 10.1. The first-order valence-corrected chi connectivity index (χ1v) is 7.16. The Bertz CT molecular complexity index is 357. The molecule has 0 aliphatic carbocycles. The van der Waals surface area contributed by atoms with E-state index in [4.69, 9.17) is 4.74 Å². The Morgan fingerprint density at radius 1 is 1.42 bits per heavy atom. The van der Waals surface area contributed by atoms with E-state index in [-0.39, 0.29) is 0 Å². The smallest absolute Gasteiger partial charge is 0.133 e. The number of pyridine rings is 1. The highest BCUT2D eigenvalue weighted by Gasteiger charge is 2.15. The van der Waals surface area contributed by atoms with Crippen molar-refractivity contribution in [2.75, 3.05) is 38.3 Å². The third kappa shape index (κ3) is 4.80. The number of likely N-dealkylation sites (N-methyl/N-ethyl adjacent to an activating group) is 1. The van der Waals surface area contributed by atoms with Gasteiger partial charge < -0.3 is 15.0 Å². The van der Waals surface area contributed by atoms with Gasteiger partial charge in [0.1, 0.15) is 5.82 Å². The third-order valence-corrected chi connectivity index (χ3v) is 3.23. The molecule has 108 valence electrons. The van der Waals surface area contributed by atoms with Crippen LogP contribution in [0.3, 0.4) is 0 Å². The van der Waals surface area contributed by atoms with Crippen LogP contribution in [-0.4, -0.2) is 38.3 Å². The average Bonchev–Trinajstić information content (AvgIpc) is 2.46. The van der Waals surface area contributed by atoms with E-state index < -0.39 is 0 Å². The van der Waals surface area contributed by atoms with Gasteiger partial charge >= 0.3 is 0 Å². The van der Waals surface area contributed by atoms with Crippen LogP contribution in [0.2, 0.25) is 0 Å². The Kier molecular flexibility index (Phi) is 7.45. The van der Waals surface area contributed by atoms with Crippen LogP contribution in [0.4, 0.5) is 5.82 Å². The number of rotatable bonds is 9. The number of methoxy groups -OCH3 is 1. The number of hydrogen-bond donors (Lipinski definition) is 1. The molecule has 0 fully saturated rings. The Morgan fingerprint density at radius 3 is 2.84 bits per heavy atom. The minimum absolute atomic E-state index is 0.320. The molecule has 0 aliphatic rings. The summed E-state index contributed by atoms with van der Waals surface area (Å²) < 4.78 is 5.18. The summed E-state index contributed by atoms with van der Waals surface area (Å²) in [4.78, 5) is 6.83. The van der Waals surface area contributed by atoms with Gasteiger partial charge in [-0.2, -0.15) is 0 Å². The number of ether oxygens (including phenoxy) is 1. The van der Waals surface area contributed by atoms with Crippen molar-refractivity contribution in [1.82, 2.24) is 10.3 Å². The minimum atomic E-state index is 0.320. The van der Waals surface area contributed by atoms with Crippen LogP contribution in [0, 0.1) is 0 Å². The van der Waals surface area contributed by atoms with Gasteiger partial charge in [0.2, 0.25) is 0 Å². The molecule has 1 N–H and O–H groups in total. The van der Waals surface area contributed by atoms with E-state index in [2.05, 4.69) is 42.0 Å². The summed E-state index contributed by atoms with van der Waals surface area (Å²) in [6.07, 6.45) is 3.00. The highest BCUT2D eigenvalue weighted by molar-refractivity contribution is 5.48. The highest BCUT2D eigenvalue weighted by atomic mass is 16.5. The average molecular weight is 265 g/mol. The zero-order valence-corrected chi connectivity index (χ0v) is 12.6. The van der Waals surface area contributed by atoms with Crippen LogP contribution in [0.1, 0.15) is 38.8 Å². The topological polar surface area (TPSA) is 37.4 Å². The zero-order valence-electron chi connectivity index (χ0n) is 12.6. The van der Waals surface area contributed by atoms with E-state index in [0.717, 1.165) is 38.5 Å². The van der Waals surface area contributed by atoms with Crippen LogP contribution in [-0.2, 0) is 4.74 Å². The van der Waals surface area contributed by atoms with E-state index in [9.17, 15) is 0 Å². The zero-order chi connectivity index (χ0) is 14.1. The molecule has 1 aromatic rings. The van der Waals surface area contributed by atoms with E-state index in [0.29, 0.717) is 6.04 Å². The van der Waals surface area contributed by atoms with Crippen molar-refractivity contribution in [3.8, 4) is 0 Å². The summed E-state index contributed by atoms with van der Waals surface area (Å²) in [5.41, 5.74) is 1.26. The lowest BCUT2D eigenvalue weighted by molar-refractivity contribution is 0.205. The van der Waals surface area contributed by atoms with Crippen LogP contribution in [0.5, 0.6) is 0 Å². The SMILES string of the molecule is CCCNC(C)c1cccnc1N(CC)CCOC. The third-order valence-electron chi connectivity index (χ3n) is 3.23. The molecule has 4 heteroatoms. The number of anilines is 1. The molecule has 1 rings (SSSR count). The summed E-state index contributed by atoms with van der Waals surface area (Å²) in [6, 6.07) is 4.48. The van der Waals surface area contributed by atoms with Crippen molar-refractivity contribution in [2.45, 2.75) is 33.2 Å². The standard InChI is InChI=1S/C15H27N3O/c1-5-9-16-13(3)14-8-7-10-17-15(14)18(6-2)11-12-19-4/h7-8,10,13,16H,5-6,9,11-12H2,1-4H3. The molecule has 4 nitrogen and oxygen atoms in total. The number of nitrogens with one attached hydrogen (secondary N) is 1. The first-order valence-electron chi connectivity index (χ1n) is 7.16. The van der Waals surface area contributed by atoms with E-state index in [1.165, 1.54) is 5.56 Å². The largest absolute Gasteiger partial charge is 0.383 e. The maximum atomic E-state index is 5.18. The van der Waals surface area contributed by atoms with Gasteiger partial charge in [-0.1, -0.05) is 13.0 Å². The number of hydrogen-bond acceptors (Lipinski definition) is 4. The van der Waals surface area contributed by atoms with Gasteiger partial charge in [0.25, 0.3) is 0 Å². The lowest BCUT2D eigenvalue weighted by Gasteiger charge is -2.26. The molecule has 1 aromatic heterocycles. The molecule has 0 amide bonds. The molecule has 0 saturated heterocycles. The maximum Gasteiger partial charge on any atom is 0.133 e. The molecular weight excluding hydrogens is 238 g/mol. The number of aromatic nitrogens is 1. The second-order valence-corrected chi connectivity index (χ2v) is 4.66. The Balaban J connectivity index is 2.86. The van der Waals surface area contributed by atoms with Crippen LogP contribution in [0.15, 0.2) is 18.3 Å². The molecule has 0 aromatic carbocycles. The fourth-order valence-corrected chi connectivity index (χ4v) is 2.10. The number of nitrogens with zero attached hydrogens (tertiary/aromatic N) is 2. The molecule has 0 saturated carbocycles. The molecule has 0 aliphatic heterocycles. The molecule has 1 heterocycles. The molecule has 0 spiro atoms. The van der Waals surface area contributed by atoms with Gasteiger partial charge in [0.05, 0.1) is 6.61 Å². The summed E-state index contributed by atoms with van der Waals surface area (Å²) >= 11 is 0. The maximum absolute atomic E-state index is 5.18. The normalized spacial score (nSPS) is 12.4. The first-order chi connectivity index (χ1) is 9.24. The molecule has 1 unspecified atom stereocenters. The summed E-state index contributed by atoms with van der Waals surface area (Å²) in [7, 11) is 1.73. The predicted molar refractivity (Wildman–Crippen MR) is 80.7 cm³/mol. The Morgan fingerprint density at radius 2 is 2.21 bits per heavy atom. The molecule has 0 radical (unpaired) electrons. The van der Waals surface area contributed by atoms with E-state index >= 15 is 0 Å². The fourth-order valence-electron chi connectivity index (χ4n) is 2.10. The van der Waals surface area contributed by atoms with E-state index in [1.807, 2.05) is 12.3 Å². The minimum Gasteiger partial charge on any atom is -0.383 e. The van der Waals surface area contributed by atoms with Gasteiger partial charge in [-0.15, -0.1) is 0 Å². The van der Waals surface area contributed by atoms with Crippen molar-refractivity contribution in [3.05, 3.63) is 23.9 Å². The van der Waals surface area contributed by atoms with Gasteiger partial charge in [-0.3, -0.25) is 0 Å². The Hall–Kier alpha value is -1.13. The van der Waals surface area contributed by atoms with Gasteiger partial charge in [0.15, 0.2) is 0 Å². The fraction of sp³-hybridized carbons (Fsp3) is 0.667. The molecule has 19 heavy (non-hydrogen) atoms. The highest BCUT2D eigenvalue weighted by Crippen LogP contribution is 2.23. The summed E-state index contributed by atoms with van der Waals surface area (Å²) in [5.74, 6) is 1.07. The summed E-state index contributed by atoms with van der Waals surface area (Å²) in [6.45, 7) is 10.1. The van der Waals surface area contributed by atoms with Crippen molar-refractivity contribution < 1.29 is 4.74 Å². The van der Waals surface area contributed by atoms with Gasteiger partial charge in [-0.25, -0.2) is 4.98 Å². The quantitative estimate of drug-likeness (QED) is 0.745. The molecule has 1 atom stereocenters. The molecular formula is C15H27N3O. The Labute approximate surface area is 117 Å². The molecule has 0 bridgehead atoms. The second kappa shape index (κ2) is 8.88. The lowest BCUT2D eigenvalue weighted by Crippen LogP contribution is -2.30. The van der Waals surface area contributed by atoms with Crippen LogP contribution in [0.25, 0.3) is 0 Å². The predicted octanol–water partition coefficient (Wildman–Crippen LogP) is 2.61. The van der Waals surface area contributed by atoms with Crippen molar-refractivity contribution in [2.24, 2.45) is 0 Å². The van der Waals surface area contributed by atoms with Gasteiger partial charge in [0, 0.05) is 38.0 Å². The van der Waals surface area contributed by atoms with Crippen LogP contribution >= 0.6 is 0 Å². The first kappa shape index (κ1) is 15.9. The second-order valence-electron chi connectivity index (χ2n) is 4.66. The van der Waals surface area contributed by atoms with E-state index in [1.54, 1.807) is 7.11 Å². The van der Waals surface area contributed by atoms with Crippen LogP contribution < -0.4 is 10.2 Å².